The quantitative estimate of drug-likeness (QED) is 0.485. The molecule has 4 aromatic rings. The number of rotatable bonds is 5. The van der Waals surface area contributed by atoms with Crippen LogP contribution >= 0.6 is 11.8 Å². The van der Waals surface area contributed by atoms with Gasteiger partial charge in [0.25, 0.3) is 0 Å². The second-order valence-electron chi connectivity index (χ2n) is 7.38. The van der Waals surface area contributed by atoms with Crippen LogP contribution in [0, 0.1) is 13.8 Å². The maximum Gasteiger partial charge on any atom is 0.234 e. The molecule has 0 saturated heterocycles. The van der Waals surface area contributed by atoms with Gasteiger partial charge in [0.15, 0.2) is 5.65 Å². The van der Waals surface area contributed by atoms with Crippen LogP contribution in [0.1, 0.15) is 36.7 Å². The van der Waals surface area contributed by atoms with E-state index in [1.54, 1.807) is 0 Å². The summed E-state index contributed by atoms with van der Waals surface area (Å²) < 4.78 is 2.05. The van der Waals surface area contributed by atoms with E-state index in [1.165, 1.54) is 11.8 Å². The Hall–Kier alpha value is -2.93. The summed E-state index contributed by atoms with van der Waals surface area (Å²) in [5.41, 5.74) is 5.50. The van der Waals surface area contributed by atoms with Gasteiger partial charge in [0.1, 0.15) is 10.9 Å². The first-order valence-electron chi connectivity index (χ1n) is 9.58. The van der Waals surface area contributed by atoms with Crippen LogP contribution in [0.2, 0.25) is 0 Å². The Morgan fingerprint density at radius 3 is 2.52 bits per heavy atom. The first-order valence-corrected chi connectivity index (χ1v) is 10.6. The second kappa shape index (κ2) is 7.83. The summed E-state index contributed by atoms with van der Waals surface area (Å²) >= 11 is 1.38. The molecule has 0 aliphatic rings. The number of aryl methyl sites for hydroxylation is 2. The van der Waals surface area contributed by atoms with Crippen molar-refractivity contribution in [3.05, 3.63) is 59.4 Å². The van der Waals surface area contributed by atoms with Gasteiger partial charge < -0.3 is 5.32 Å². The lowest BCUT2D eigenvalue weighted by Crippen LogP contribution is -2.16. The van der Waals surface area contributed by atoms with Gasteiger partial charge in [0.05, 0.1) is 16.8 Å². The van der Waals surface area contributed by atoms with Gasteiger partial charge in [-0.1, -0.05) is 55.9 Å². The third kappa shape index (κ3) is 3.70. The van der Waals surface area contributed by atoms with Gasteiger partial charge in [0, 0.05) is 11.6 Å². The fourth-order valence-corrected chi connectivity index (χ4v) is 4.14. The van der Waals surface area contributed by atoms with Gasteiger partial charge in [-0.25, -0.2) is 4.98 Å². The molecule has 29 heavy (non-hydrogen) atoms. The van der Waals surface area contributed by atoms with Crippen molar-refractivity contribution in [3.63, 3.8) is 0 Å². The molecule has 4 rings (SSSR count). The van der Waals surface area contributed by atoms with Crippen LogP contribution < -0.4 is 5.32 Å². The average molecular weight is 406 g/mol. The number of carbonyl (C=O) groups excluding carboxylic acids is 1. The highest BCUT2D eigenvalue weighted by Crippen LogP contribution is 2.28. The van der Waals surface area contributed by atoms with E-state index in [0.717, 1.165) is 33.7 Å². The first kappa shape index (κ1) is 19.4. The highest BCUT2D eigenvalue weighted by atomic mass is 32.2. The van der Waals surface area contributed by atoms with Crippen molar-refractivity contribution in [1.82, 2.24) is 19.6 Å². The number of hydrogen-bond acceptors (Lipinski definition) is 5. The van der Waals surface area contributed by atoms with Gasteiger partial charge in [0.2, 0.25) is 5.91 Å². The largest absolute Gasteiger partial charge is 0.325 e. The van der Waals surface area contributed by atoms with Crippen LogP contribution in [0.4, 0.5) is 5.69 Å². The minimum absolute atomic E-state index is 0.0656. The van der Waals surface area contributed by atoms with Gasteiger partial charge >= 0.3 is 0 Å². The molecule has 148 valence electrons. The molecule has 1 amide bonds. The number of anilines is 1. The smallest absolute Gasteiger partial charge is 0.234 e. The fourth-order valence-electron chi connectivity index (χ4n) is 3.37. The molecule has 6 nitrogen and oxygen atoms in total. The molecule has 0 aliphatic carbocycles. The number of aromatic nitrogens is 4. The Labute approximate surface area is 173 Å². The molecular formula is C22H23N5OS. The molecular weight excluding hydrogens is 382 g/mol. The Morgan fingerprint density at radius 2 is 1.79 bits per heavy atom. The number of thioether (sulfide) groups is 1. The lowest BCUT2D eigenvalue weighted by atomic mass is 10.1. The summed E-state index contributed by atoms with van der Waals surface area (Å²) in [4.78, 5) is 17.4. The SMILES string of the molecule is Cc1cccc(C)c1NC(=O)CSc1nc2ccccc2n2c(C(C)C)nnc12. The molecule has 7 heteroatoms. The maximum absolute atomic E-state index is 12.6. The van der Waals surface area contributed by atoms with E-state index in [-0.39, 0.29) is 17.6 Å². The normalized spacial score (nSPS) is 11.5. The lowest BCUT2D eigenvalue weighted by Gasteiger charge is -2.12. The van der Waals surface area contributed by atoms with Gasteiger partial charge in [-0.05, 0) is 37.1 Å². The van der Waals surface area contributed by atoms with Crippen LogP contribution in [-0.2, 0) is 4.79 Å². The number of nitrogens with zero attached hydrogens (tertiary/aromatic N) is 4. The van der Waals surface area contributed by atoms with Crippen molar-refractivity contribution in [2.45, 2.75) is 38.6 Å². The van der Waals surface area contributed by atoms with Crippen molar-refractivity contribution >= 4 is 40.0 Å². The first-order chi connectivity index (χ1) is 14.0. The summed E-state index contributed by atoms with van der Waals surface area (Å²) in [5.74, 6) is 1.30. The van der Waals surface area contributed by atoms with Crippen LogP contribution in [0.5, 0.6) is 0 Å². The second-order valence-corrected chi connectivity index (χ2v) is 8.35. The summed E-state index contributed by atoms with van der Waals surface area (Å²) in [6.45, 7) is 8.18. The Kier molecular flexibility index (Phi) is 5.24. The molecule has 0 fully saturated rings. The zero-order valence-electron chi connectivity index (χ0n) is 16.9. The van der Waals surface area contributed by atoms with E-state index < -0.39 is 0 Å². The summed E-state index contributed by atoms with van der Waals surface area (Å²) in [6.07, 6.45) is 0. The summed E-state index contributed by atoms with van der Waals surface area (Å²) in [7, 11) is 0. The maximum atomic E-state index is 12.6. The minimum Gasteiger partial charge on any atom is -0.325 e. The fraction of sp³-hybridized carbons (Fsp3) is 0.273. The number of carbonyl (C=O) groups is 1. The number of fused-ring (bicyclic) bond motifs is 3. The Balaban J connectivity index is 1.65. The van der Waals surface area contributed by atoms with Crippen molar-refractivity contribution < 1.29 is 4.79 Å². The number of para-hydroxylation sites is 3. The zero-order chi connectivity index (χ0) is 20.5. The van der Waals surface area contributed by atoms with Crippen LogP contribution in [0.3, 0.4) is 0 Å². The van der Waals surface area contributed by atoms with E-state index in [0.29, 0.717) is 10.7 Å². The predicted molar refractivity (Wildman–Crippen MR) is 118 cm³/mol. The Morgan fingerprint density at radius 1 is 1.07 bits per heavy atom. The zero-order valence-corrected chi connectivity index (χ0v) is 17.7. The van der Waals surface area contributed by atoms with Gasteiger partial charge in [-0.3, -0.25) is 9.20 Å². The Bertz CT molecular complexity index is 1190. The van der Waals surface area contributed by atoms with Crippen LogP contribution in [0.25, 0.3) is 16.7 Å². The molecule has 0 atom stereocenters. The summed E-state index contributed by atoms with van der Waals surface area (Å²) in [6, 6.07) is 13.9. The molecule has 1 N–H and O–H groups in total. The molecule has 2 aromatic heterocycles. The monoisotopic (exact) mass is 405 g/mol. The molecule has 2 aromatic carbocycles. The van der Waals surface area contributed by atoms with Gasteiger partial charge in [-0.2, -0.15) is 0 Å². The molecule has 0 radical (unpaired) electrons. The van der Waals surface area contributed by atoms with E-state index in [9.17, 15) is 4.79 Å². The molecule has 0 bridgehead atoms. The molecule has 0 unspecified atom stereocenters. The van der Waals surface area contributed by atoms with Crippen LogP contribution in [-0.4, -0.2) is 31.2 Å². The van der Waals surface area contributed by atoms with Crippen molar-refractivity contribution in [2.24, 2.45) is 0 Å². The third-order valence-corrected chi connectivity index (χ3v) is 5.78. The van der Waals surface area contributed by atoms with Crippen molar-refractivity contribution in [1.29, 1.82) is 0 Å². The number of nitrogens with one attached hydrogen (secondary N) is 1. The highest BCUT2D eigenvalue weighted by molar-refractivity contribution is 8.00. The lowest BCUT2D eigenvalue weighted by molar-refractivity contribution is -0.113. The van der Waals surface area contributed by atoms with Crippen molar-refractivity contribution in [2.75, 3.05) is 11.1 Å². The number of amides is 1. The average Bonchev–Trinajstić information content (AvgIpc) is 3.15. The highest BCUT2D eigenvalue weighted by Gasteiger charge is 2.18. The third-order valence-electron chi connectivity index (χ3n) is 4.83. The van der Waals surface area contributed by atoms with E-state index >= 15 is 0 Å². The van der Waals surface area contributed by atoms with Crippen molar-refractivity contribution in [3.8, 4) is 0 Å². The van der Waals surface area contributed by atoms with Gasteiger partial charge in [-0.15, -0.1) is 10.2 Å². The van der Waals surface area contributed by atoms with E-state index in [2.05, 4.69) is 33.8 Å². The number of hydrogen-bond donors (Lipinski definition) is 1. The molecule has 2 heterocycles. The number of benzene rings is 2. The topological polar surface area (TPSA) is 72.2 Å². The standard InChI is InChI=1S/C22H23N5OS/c1-13(2)20-25-26-21-22(23-16-10-5-6-11-17(16)27(20)21)29-12-18(28)24-19-14(3)8-7-9-15(19)4/h5-11,13H,12H2,1-4H3,(H,24,28). The minimum atomic E-state index is -0.0656. The predicted octanol–water partition coefficient (Wildman–Crippen LogP) is 4.75. The van der Waals surface area contributed by atoms with Crippen LogP contribution in [0.15, 0.2) is 47.5 Å². The van der Waals surface area contributed by atoms with E-state index in [1.807, 2.05) is 56.3 Å². The van der Waals surface area contributed by atoms with E-state index in [4.69, 9.17) is 4.98 Å². The molecule has 0 saturated carbocycles. The summed E-state index contributed by atoms with van der Waals surface area (Å²) in [5, 5.41) is 12.5. The molecule has 0 spiro atoms. The molecule has 0 aliphatic heterocycles.